The Balaban J connectivity index is 2.11. The number of carbonyl (C=O) groups excluding carboxylic acids is 4. The number of rotatable bonds is 9. The maximum Gasteiger partial charge on any atom is 0.419 e. The molecule has 1 fully saturated rings. The molecule has 0 aliphatic carbocycles. The third kappa shape index (κ3) is 9.38. The Labute approximate surface area is 200 Å². The summed E-state index contributed by atoms with van der Waals surface area (Å²) in [7, 11) is 0. The Morgan fingerprint density at radius 2 is 1.88 bits per heavy atom. The van der Waals surface area contributed by atoms with E-state index in [-0.39, 0.29) is 6.61 Å². The molecule has 2 amide bonds. The van der Waals surface area contributed by atoms with Crippen molar-refractivity contribution in [1.82, 2.24) is 15.5 Å². The van der Waals surface area contributed by atoms with E-state index >= 15 is 0 Å². The molecule has 1 aliphatic heterocycles. The quantitative estimate of drug-likeness (QED) is 0.241. The van der Waals surface area contributed by atoms with Gasteiger partial charge in [0.2, 0.25) is 0 Å². The van der Waals surface area contributed by atoms with Gasteiger partial charge in [-0.15, -0.1) is 0 Å². The molecule has 10 nitrogen and oxygen atoms in total. The highest BCUT2D eigenvalue weighted by molar-refractivity contribution is 5.89. The molecule has 34 heavy (non-hydrogen) atoms. The number of hydrogen-bond acceptors (Lipinski definition) is 8. The summed E-state index contributed by atoms with van der Waals surface area (Å²) in [4.78, 5) is 51.3. The van der Waals surface area contributed by atoms with Gasteiger partial charge >= 0.3 is 24.1 Å². The average Bonchev–Trinajstić information content (AvgIpc) is 3.30. The van der Waals surface area contributed by atoms with Gasteiger partial charge in [0.25, 0.3) is 0 Å². The van der Waals surface area contributed by atoms with E-state index in [1.165, 1.54) is 0 Å². The first-order valence-corrected chi connectivity index (χ1v) is 11.5. The summed E-state index contributed by atoms with van der Waals surface area (Å²) in [6.45, 7) is 7.14. The van der Waals surface area contributed by atoms with Crippen LogP contribution in [0.25, 0.3) is 0 Å². The molecule has 2 rings (SSSR count). The smallest absolute Gasteiger partial charge is 0.419 e. The van der Waals surface area contributed by atoms with Crippen molar-refractivity contribution < 1.29 is 33.4 Å². The highest BCUT2D eigenvalue weighted by Crippen LogP contribution is 2.14. The summed E-state index contributed by atoms with van der Waals surface area (Å²) >= 11 is 0. The maximum atomic E-state index is 12.9. The zero-order valence-corrected chi connectivity index (χ0v) is 20.3. The lowest BCUT2D eigenvalue weighted by Crippen LogP contribution is -2.54. The largest absolute Gasteiger partial charge is 0.459 e. The highest BCUT2D eigenvalue weighted by atomic mass is 16.6. The number of nitrogens with one attached hydrogen (secondary N) is 2. The van der Waals surface area contributed by atoms with Crippen molar-refractivity contribution in [2.45, 2.75) is 77.8 Å². The van der Waals surface area contributed by atoms with Gasteiger partial charge in [0.15, 0.2) is 0 Å². The molecule has 1 aromatic carbocycles. The Kier molecular flexibility index (Phi) is 10.3. The van der Waals surface area contributed by atoms with E-state index in [0.717, 1.165) is 16.9 Å². The highest BCUT2D eigenvalue weighted by Gasteiger charge is 2.34. The summed E-state index contributed by atoms with van der Waals surface area (Å²) in [6, 6.07) is 8.54. The molecule has 1 saturated heterocycles. The van der Waals surface area contributed by atoms with Crippen molar-refractivity contribution in [3.05, 3.63) is 35.9 Å². The van der Waals surface area contributed by atoms with Gasteiger partial charge in [0, 0.05) is 0 Å². The summed E-state index contributed by atoms with van der Waals surface area (Å²) in [6.07, 6.45) is -0.533. The van der Waals surface area contributed by atoms with Crippen LogP contribution in [0.15, 0.2) is 30.3 Å². The second kappa shape index (κ2) is 12.9. The molecule has 2 atom stereocenters. The van der Waals surface area contributed by atoms with Crippen LogP contribution in [0.5, 0.6) is 0 Å². The van der Waals surface area contributed by atoms with E-state index in [2.05, 4.69) is 10.6 Å². The summed E-state index contributed by atoms with van der Waals surface area (Å²) < 4.78 is 15.6. The van der Waals surface area contributed by atoms with Gasteiger partial charge in [-0.2, -0.15) is 0 Å². The summed E-state index contributed by atoms with van der Waals surface area (Å²) in [5.74, 6) is -1.42. The lowest BCUT2D eigenvalue weighted by Gasteiger charge is -2.31. The molecular weight excluding hydrogens is 442 g/mol. The predicted molar refractivity (Wildman–Crippen MR) is 124 cm³/mol. The molecule has 0 radical (unpaired) electrons. The standard InChI is InChI=1S/C24H35N3O7/c1-5-10-19(26-22(30)32-16-17-11-7-6-8-12-17)27(15-20(28)34-24(2,3)4)23(31)33-21(29)18-13-9-14-25-18/h6-8,11-12,18-19,25H,5,9-10,13-16H2,1-4H3,(H,26,30)/t18-,19?/m0/s1. The number of alkyl carbamates (subject to hydrolysis) is 1. The number of benzene rings is 1. The fraction of sp³-hybridized carbons (Fsp3) is 0.583. The van der Waals surface area contributed by atoms with Gasteiger partial charge in [0.1, 0.15) is 31.0 Å². The molecule has 188 valence electrons. The van der Waals surface area contributed by atoms with E-state index in [4.69, 9.17) is 14.2 Å². The fourth-order valence-electron chi connectivity index (χ4n) is 3.40. The van der Waals surface area contributed by atoms with Crippen molar-refractivity contribution in [2.24, 2.45) is 0 Å². The van der Waals surface area contributed by atoms with Gasteiger partial charge in [-0.05, 0) is 52.1 Å². The molecule has 0 bridgehead atoms. The van der Waals surface area contributed by atoms with Crippen LogP contribution in [0.1, 0.15) is 58.9 Å². The second-order valence-electron chi connectivity index (χ2n) is 9.06. The van der Waals surface area contributed by atoms with Gasteiger partial charge in [-0.25, -0.2) is 14.4 Å². The Hall–Kier alpha value is -3.14. The topological polar surface area (TPSA) is 123 Å². The third-order valence-corrected chi connectivity index (χ3v) is 4.92. The molecule has 1 unspecified atom stereocenters. The minimum Gasteiger partial charge on any atom is -0.459 e. The van der Waals surface area contributed by atoms with E-state index in [0.29, 0.717) is 25.8 Å². The van der Waals surface area contributed by atoms with Crippen molar-refractivity contribution in [3.63, 3.8) is 0 Å². The first-order chi connectivity index (χ1) is 16.1. The monoisotopic (exact) mass is 477 g/mol. The first-order valence-electron chi connectivity index (χ1n) is 11.5. The molecule has 0 saturated carbocycles. The average molecular weight is 478 g/mol. The van der Waals surface area contributed by atoms with Crippen LogP contribution in [0, 0.1) is 0 Å². The first kappa shape index (κ1) is 27.1. The Morgan fingerprint density at radius 3 is 2.47 bits per heavy atom. The van der Waals surface area contributed by atoms with E-state index < -0.39 is 48.5 Å². The number of ether oxygens (including phenoxy) is 3. The third-order valence-electron chi connectivity index (χ3n) is 4.92. The van der Waals surface area contributed by atoms with Crippen LogP contribution in [-0.4, -0.2) is 59.9 Å². The Bertz CT molecular complexity index is 833. The lowest BCUT2D eigenvalue weighted by molar-refractivity contribution is -0.157. The second-order valence-corrected chi connectivity index (χ2v) is 9.06. The fourth-order valence-corrected chi connectivity index (χ4v) is 3.40. The van der Waals surface area contributed by atoms with Crippen molar-refractivity contribution in [2.75, 3.05) is 13.1 Å². The maximum absolute atomic E-state index is 12.9. The van der Waals surface area contributed by atoms with Crippen LogP contribution in [-0.2, 0) is 30.4 Å². The number of nitrogens with zero attached hydrogens (tertiary/aromatic N) is 1. The van der Waals surface area contributed by atoms with Gasteiger partial charge in [0.05, 0.1) is 0 Å². The predicted octanol–water partition coefficient (Wildman–Crippen LogP) is 3.10. The molecule has 0 aromatic heterocycles. The summed E-state index contributed by atoms with van der Waals surface area (Å²) in [5, 5.41) is 5.57. The lowest BCUT2D eigenvalue weighted by atomic mass is 10.2. The van der Waals surface area contributed by atoms with Crippen LogP contribution in [0.2, 0.25) is 0 Å². The summed E-state index contributed by atoms with van der Waals surface area (Å²) in [5.41, 5.74) is 0.0165. The zero-order valence-electron chi connectivity index (χ0n) is 20.3. The van der Waals surface area contributed by atoms with Gasteiger partial charge in [-0.3, -0.25) is 9.69 Å². The number of amides is 2. The van der Waals surface area contributed by atoms with Crippen molar-refractivity contribution in [3.8, 4) is 0 Å². The van der Waals surface area contributed by atoms with Gasteiger partial charge in [-0.1, -0.05) is 43.7 Å². The van der Waals surface area contributed by atoms with E-state index in [1.807, 2.05) is 37.3 Å². The number of carbonyl (C=O) groups is 4. The normalized spacial score (nSPS) is 16.3. The number of hydrogen-bond donors (Lipinski definition) is 2. The van der Waals surface area contributed by atoms with Crippen LogP contribution in [0.3, 0.4) is 0 Å². The van der Waals surface area contributed by atoms with Crippen LogP contribution >= 0.6 is 0 Å². The van der Waals surface area contributed by atoms with Crippen molar-refractivity contribution in [1.29, 1.82) is 0 Å². The molecular formula is C24H35N3O7. The Morgan fingerprint density at radius 1 is 1.18 bits per heavy atom. The van der Waals surface area contributed by atoms with Crippen LogP contribution < -0.4 is 10.6 Å². The van der Waals surface area contributed by atoms with Gasteiger partial charge < -0.3 is 24.8 Å². The van der Waals surface area contributed by atoms with Crippen molar-refractivity contribution >= 4 is 24.1 Å². The molecule has 10 heteroatoms. The zero-order chi connectivity index (χ0) is 25.1. The minimum atomic E-state index is -1.04. The van der Waals surface area contributed by atoms with E-state index in [1.54, 1.807) is 20.8 Å². The molecule has 2 N–H and O–H groups in total. The minimum absolute atomic E-state index is 0.0356. The molecule has 1 aliphatic rings. The number of esters is 2. The molecule has 0 spiro atoms. The van der Waals surface area contributed by atoms with E-state index in [9.17, 15) is 19.2 Å². The van der Waals surface area contributed by atoms with Crippen LogP contribution in [0.4, 0.5) is 9.59 Å². The molecule has 1 heterocycles. The molecule has 1 aromatic rings. The SMILES string of the molecule is CCCC(NC(=O)OCc1ccccc1)N(CC(=O)OC(C)(C)C)C(=O)OC(=O)[C@@H]1CCCN1.